The number of hydrogen-bond donors (Lipinski definition) is 1. The van der Waals surface area contributed by atoms with Gasteiger partial charge in [-0.25, -0.2) is 12.8 Å². The fourth-order valence-corrected chi connectivity index (χ4v) is 3.74. The quantitative estimate of drug-likeness (QED) is 0.825. The van der Waals surface area contributed by atoms with Gasteiger partial charge in [-0.1, -0.05) is 18.2 Å². The zero-order valence-electron chi connectivity index (χ0n) is 9.47. The molecule has 0 radical (unpaired) electrons. The summed E-state index contributed by atoms with van der Waals surface area (Å²) in [5, 5.41) is 0. The van der Waals surface area contributed by atoms with E-state index in [-0.39, 0.29) is 17.4 Å². The van der Waals surface area contributed by atoms with E-state index in [9.17, 15) is 12.8 Å². The minimum absolute atomic E-state index is 0.0881. The summed E-state index contributed by atoms with van der Waals surface area (Å²) in [5.74, 6) is -0.0569. The summed E-state index contributed by atoms with van der Waals surface area (Å²) in [6.45, 7) is 0. The van der Waals surface area contributed by atoms with Crippen LogP contribution in [0.4, 0.5) is 10.1 Å². The van der Waals surface area contributed by atoms with Crippen molar-refractivity contribution >= 4 is 15.5 Å². The molecule has 1 heterocycles. The van der Waals surface area contributed by atoms with Crippen LogP contribution in [0.2, 0.25) is 0 Å². The molecule has 1 aliphatic heterocycles. The summed E-state index contributed by atoms with van der Waals surface area (Å²) >= 11 is 0. The second-order valence-electron chi connectivity index (χ2n) is 4.52. The summed E-state index contributed by atoms with van der Waals surface area (Å²) in [7, 11) is -2.94. The van der Waals surface area contributed by atoms with Gasteiger partial charge in [0.05, 0.1) is 11.5 Å². The van der Waals surface area contributed by atoms with Gasteiger partial charge >= 0.3 is 0 Å². The molecule has 1 atom stereocenters. The molecule has 0 spiro atoms. The van der Waals surface area contributed by atoms with Gasteiger partial charge < -0.3 is 5.73 Å². The van der Waals surface area contributed by atoms with Crippen LogP contribution in [-0.4, -0.2) is 19.9 Å². The maximum absolute atomic E-state index is 14.3. The lowest BCUT2D eigenvalue weighted by atomic mass is 9.91. The van der Waals surface area contributed by atoms with E-state index in [2.05, 4.69) is 0 Å². The van der Waals surface area contributed by atoms with Gasteiger partial charge in [0.25, 0.3) is 0 Å². The molecule has 1 fully saturated rings. The highest BCUT2D eigenvalue weighted by atomic mass is 32.2. The minimum Gasteiger partial charge on any atom is -0.398 e. The normalized spacial score (nSPS) is 22.2. The third-order valence-corrected chi connectivity index (χ3v) is 5.02. The molecule has 2 rings (SSSR count). The van der Waals surface area contributed by atoms with E-state index in [1.807, 2.05) is 0 Å². The fraction of sp³-hybridized carbons (Fsp3) is 0.500. The molecule has 1 aromatic rings. The van der Waals surface area contributed by atoms with Crippen LogP contribution in [0.1, 0.15) is 24.6 Å². The van der Waals surface area contributed by atoms with Crippen molar-refractivity contribution < 1.29 is 12.8 Å². The SMILES string of the molecule is Nc1ccccc1C(F)C1CCS(=O)(=O)CC1. The van der Waals surface area contributed by atoms with E-state index >= 15 is 0 Å². The number of benzene rings is 1. The average Bonchev–Trinajstić information content (AvgIpc) is 2.29. The van der Waals surface area contributed by atoms with Gasteiger partial charge in [-0.2, -0.15) is 0 Å². The smallest absolute Gasteiger partial charge is 0.150 e. The molecule has 0 saturated carbocycles. The Bertz CT molecular complexity index is 487. The lowest BCUT2D eigenvalue weighted by Crippen LogP contribution is -2.26. The maximum atomic E-state index is 14.3. The molecule has 17 heavy (non-hydrogen) atoms. The minimum atomic E-state index is -2.94. The summed E-state index contributed by atoms with van der Waals surface area (Å²) in [4.78, 5) is 0. The molecule has 5 heteroatoms. The largest absolute Gasteiger partial charge is 0.398 e. The number of alkyl halides is 1. The molecular weight excluding hydrogens is 241 g/mol. The van der Waals surface area contributed by atoms with Crippen LogP contribution >= 0.6 is 0 Å². The van der Waals surface area contributed by atoms with E-state index in [1.54, 1.807) is 24.3 Å². The maximum Gasteiger partial charge on any atom is 0.150 e. The van der Waals surface area contributed by atoms with Crippen molar-refractivity contribution in [3.8, 4) is 0 Å². The average molecular weight is 257 g/mol. The first-order valence-corrected chi connectivity index (χ1v) is 7.50. The Morgan fingerprint density at radius 3 is 2.41 bits per heavy atom. The van der Waals surface area contributed by atoms with E-state index in [1.165, 1.54) is 0 Å². The van der Waals surface area contributed by atoms with Crippen molar-refractivity contribution in [3.05, 3.63) is 29.8 Å². The first-order chi connectivity index (χ1) is 7.99. The van der Waals surface area contributed by atoms with Crippen molar-refractivity contribution in [1.82, 2.24) is 0 Å². The number of para-hydroxylation sites is 1. The lowest BCUT2D eigenvalue weighted by molar-refractivity contribution is 0.218. The number of nitrogen functional groups attached to an aromatic ring is 1. The summed E-state index contributed by atoms with van der Waals surface area (Å²) in [6, 6.07) is 6.85. The monoisotopic (exact) mass is 257 g/mol. The van der Waals surface area contributed by atoms with Gasteiger partial charge in [0.15, 0.2) is 0 Å². The molecule has 94 valence electrons. The number of anilines is 1. The van der Waals surface area contributed by atoms with Crippen LogP contribution in [0.5, 0.6) is 0 Å². The first kappa shape index (κ1) is 12.4. The van der Waals surface area contributed by atoms with Crippen molar-refractivity contribution in [3.63, 3.8) is 0 Å². The lowest BCUT2D eigenvalue weighted by Gasteiger charge is -2.25. The van der Waals surface area contributed by atoms with Gasteiger partial charge in [-0.05, 0) is 24.8 Å². The van der Waals surface area contributed by atoms with Crippen LogP contribution in [0.3, 0.4) is 0 Å². The molecule has 1 saturated heterocycles. The van der Waals surface area contributed by atoms with Crippen LogP contribution in [0, 0.1) is 5.92 Å². The van der Waals surface area contributed by atoms with E-state index < -0.39 is 16.0 Å². The molecule has 0 bridgehead atoms. The Balaban J connectivity index is 2.12. The second-order valence-corrected chi connectivity index (χ2v) is 6.82. The van der Waals surface area contributed by atoms with Gasteiger partial charge in [0.2, 0.25) is 0 Å². The molecular formula is C12H16FNO2S. The Morgan fingerprint density at radius 2 is 1.82 bits per heavy atom. The summed E-state index contributed by atoms with van der Waals surface area (Å²) in [6.07, 6.45) is -0.387. The first-order valence-electron chi connectivity index (χ1n) is 5.68. The molecule has 2 N–H and O–H groups in total. The zero-order valence-corrected chi connectivity index (χ0v) is 10.3. The van der Waals surface area contributed by atoms with Crippen LogP contribution in [0.25, 0.3) is 0 Å². The van der Waals surface area contributed by atoms with Crippen molar-refractivity contribution in [2.24, 2.45) is 5.92 Å². The number of hydrogen-bond acceptors (Lipinski definition) is 3. The highest BCUT2D eigenvalue weighted by Gasteiger charge is 2.31. The number of sulfone groups is 1. The topological polar surface area (TPSA) is 60.2 Å². The van der Waals surface area contributed by atoms with Gasteiger partial charge in [-0.3, -0.25) is 0 Å². The second kappa shape index (κ2) is 4.64. The Hall–Kier alpha value is -1.10. The Morgan fingerprint density at radius 1 is 1.24 bits per heavy atom. The van der Waals surface area contributed by atoms with Gasteiger partial charge in [0, 0.05) is 11.3 Å². The highest BCUT2D eigenvalue weighted by molar-refractivity contribution is 7.91. The number of nitrogens with two attached hydrogens (primary N) is 1. The van der Waals surface area contributed by atoms with Crippen molar-refractivity contribution in [1.29, 1.82) is 0 Å². The Labute approximate surface area is 101 Å². The molecule has 1 aliphatic rings. The molecule has 0 aliphatic carbocycles. The predicted octanol–water partition coefficient (Wildman–Crippen LogP) is 2.10. The molecule has 0 aromatic heterocycles. The summed E-state index contributed by atoms with van der Waals surface area (Å²) in [5.41, 5.74) is 6.64. The Kier molecular flexibility index (Phi) is 3.38. The molecule has 3 nitrogen and oxygen atoms in total. The van der Waals surface area contributed by atoms with E-state index in [4.69, 9.17) is 5.73 Å². The molecule has 0 amide bonds. The van der Waals surface area contributed by atoms with Crippen LogP contribution in [0.15, 0.2) is 24.3 Å². The predicted molar refractivity (Wildman–Crippen MR) is 66.1 cm³/mol. The standard InChI is InChI=1S/C12H16FNO2S/c13-12(10-3-1-2-4-11(10)14)9-5-7-17(15,16)8-6-9/h1-4,9,12H,5-8,14H2. The fourth-order valence-electron chi connectivity index (χ4n) is 2.22. The molecule has 1 unspecified atom stereocenters. The number of rotatable bonds is 2. The van der Waals surface area contributed by atoms with E-state index in [0.29, 0.717) is 24.1 Å². The van der Waals surface area contributed by atoms with E-state index in [0.717, 1.165) is 0 Å². The van der Waals surface area contributed by atoms with Crippen molar-refractivity contribution in [2.75, 3.05) is 17.2 Å². The number of halogens is 1. The highest BCUT2D eigenvalue weighted by Crippen LogP contribution is 2.36. The molecule has 1 aromatic carbocycles. The van der Waals surface area contributed by atoms with Gasteiger partial charge in [0.1, 0.15) is 16.0 Å². The van der Waals surface area contributed by atoms with Crippen LogP contribution in [-0.2, 0) is 9.84 Å². The third-order valence-electron chi connectivity index (χ3n) is 3.31. The van der Waals surface area contributed by atoms with Gasteiger partial charge in [-0.15, -0.1) is 0 Å². The zero-order chi connectivity index (χ0) is 12.5. The third kappa shape index (κ3) is 2.77. The summed E-state index contributed by atoms with van der Waals surface area (Å²) < 4.78 is 36.8. The van der Waals surface area contributed by atoms with Crippen LogP contribution < -0.4 is 5.73 Å². The van der Waals surface area contributed by atoms with Crippen molar-refractivity contribution in [2.45, 2.75) is 19.0 Å².